The summed E-state index contributed by atoms with van der Waals surface area (Å²) in [6.45, 7) is 5.42. The van der Waals surface area contributed by atoms with Gasteiger partial charge in [0.05, 0.1) is 11.5 Å². The SMILES string of the molecule is CC(C)(C)OC(=O)NCCOc1ncc(Br)cc1[N+](=O)[O-]. The van der Waals surface area contributed by atoms with Crippen molar-refractivity contribution in [3.8, 4) is 5.88 Å². The smallest absolute Gasteiger partial charge is 0.407 e. The van der Waals surface area contributed by atoms with E-state index in [1.165, 1.54) is 12.3 Å². The normalized spacial score (nSPS) is 10.9. The number of nitro groups is 1. The second-order valence-electron chi connectivity index (χ2n) is 5.01. The summed E-state index contributed by atoms with van der Waals surface area (Å²) in [6, 6.07) is 1.30. The van der Waals surface area contributed by atoms with Crippen molar-refractivity contribution in [2.75, 3.05) is 13.2 Å². The fourth-order valence-electron chi connectivity index (χ4n) is 1.27. The number of ether oxygens (including phenoxy) is 2. The third kappa shape index (κ3) is 6.39. The minimum absolute atomic E-state index is 0.0364. The first-order valence-corrected chi connectivity index (χ1v) is 6.88. The van der Waals surface area contributed by atoms with Crippen LogP contribution >= 0.6 is 15.9 Å². The van der Waals surface area contributed by atoms with Gasteiger partial charge in [-0.2, -0.15) is 0 Å². The molecule has 1 rings (SSSR count). The Balaban J connectivity index is 2.47. The highest BCUT2D eigenvalue weighted by molar-refractivity contribution is 9.10. The summed E-state index contributed by atoms with van der Waals surface area (Å²) in [4.78, 5) is 25.4. The summed E-state index contributed by atoms with van der Waals surface area (Å²) in [6.07, 6.45) is 0.813. The summed E-state index contributed by atoms with van der Waals surface area (Å²) in [7, 11) is 0. The van der Waals surface area contributed by atoms with E-state index in [0.717, 1.165) is 0 Å². The van der Waals surface area contributed by atoms with Crippen molar-refractivity contribution in [3.63, 3.8) is 0 Å². The summed E-state index contributed by atoms with van der Waals surface area (Å²) >= 11 is 3.10. The largest absolute Gasteiger partial charge is 0.471 e. The van der Waals surface area contributed by atoms with Crippen LogP contribution in [0.1, 0.15) is 20.8 Å². The molecule has 0 spiro atoms. The van der Waals surface area contributed by atoms with Gasteiger partial charge < -0.3 is 14.8 Å². The number of nitrogens with one attached hydrogen (secondary N) is 1. The third-order valence-corrected chi connectivity index (χ3v) is 2.44. The van der Waals surface area contributed by atoms with Crippen molar-refractivity contribution in [1.82, 2.24) is 10.3 Å². The lowest BCUT2D eigenvalue weighted by atomic mass is 10.2. The Hall–Kier alpha value is -1.90. The van der Waals surface area contributed by atoms with Crippen LogP contribution in [0, 0.1) is 10.1 Å². The summed E-state index contributed by atoms with van der Waals surface area (Å²) < 4.78 is 10.7. The Bertz CT molecular complexity index is 530. The molecule has 116 valence electrons. The lowest BCUT2D eigenvalue weighted by Gasteiger charge is -2.19. The van der Waals surface area contributed by atoms with E-state index in [9.17, 15) is 14.9 Å². The topological polar surface area (TPSA) is 104 Å². The predicted molar refractivity (Wildman–Crippen MR) is 78.3 cm³/mol. The van der Waals surface area contributed by atoms with Crippen LogP contribution in [0.5, 0.6) is 5.88 Å². The fraction of sp³-hybridized carbons (Fsp3) is 0.500. The van der Waals surface area contributed by atoms with Gasteiger partial charge in [0.15, 0.2) is 0 Å². The Kier molecular flexibility index (Phi) is 5.89. The number of rotatable bonds is 5. The third-order valence-electron chi connectivity index (χ3n) is 2.00. The molecule has 1 amide bonds. The van der Waals surface area contributed by atoms with Gasteiger partial charge in [-0.05, 0) is 36.7 Å². The van der Waals surface area contributed by atoms with Crippen LogP contribution in [0.15, 0.2) is 16.7 Å². The van der Waals surface area contributed by atoms with Crippen molar-refractivity contribution in [2.45, 2.75) is 26.4 Å². The van der Waals surface area contributed by atoms with Gasteiger partial charge in [-0.15, -0.1) is 0 Å². The fourth-order valence-corrected chi connectivity index (χ4v) is 1.59. The lowest BCUT2D eigenvalue weighted by molar-refractivity contribution is -0.386. The summed E-state index contributed by atoms with van der Waals surface area (Å²) in [5.41, 5.74) is -0.835. The highest BCUT2D eigenvalue weighted by Crippen LogP contribution is 2.26. The Morgan fingerprint density at radius 3 is 2.76 bits per heavy atom. The van der Waals surface area contributed by atoms with Crippen LogP contribution in [-0.4, -0.2) is 34.8 Å². The Labute approximate surface area is 130 Å². The highest BCUT2D eigenvalue weighted by atomic mass is 79.9. The van der Waals surface area contributed by atoms with E-state index in [1.54, 1.807) is 20.8 Å². The molecule has 0 fully saturated rings. The Morgan fingerprint density at radius 1 is 1.52 bits per heavy atom. The standard InChI is InChI=1S/C12H16BrN3O5/c1-12(2,3)21-11(17)14-4-5-20-10-9(16(18)19)6-8(13)7-15-10/h6-7H,4-5H2,1-3H3,(H,14,17). The van der Waals surface area contributed by atoms with E-state index < -0.39 is 16.6 Å². The maximum Gasteiger partial charge on any atom is 0.407 e. The molecule has 1 aromatic rings. The van der Waals surface area contributed by atoms with E-state index in [2.05, 4.69) is 26.2 Å². The molecule has 1 aromatic heterocycles. The molecule has 1 heterocycles. The zero-order chi connectivity index (χ0) is 16.0. The molecule has 9 heteroatoms. The first-order chi connectivity index (χ1) is 9.69. The van der Waals surface area contributed by atoms with Crippen LogP contribution in [0.2, 0.25) is 0 Å². The van der Waals surface area contributed by atoms with Crippen LogP contribution in [-0.2, 0) is 4.74 Å². The molecule has 0 atom stereocenters. The molecule has 0 aliphatic rings. The number of pyridine rings is 1. The van der Waals surface area contributed by atoms with Gasteiger partial charge in [-0.1, -0.05) is 0 Å². The number of carbonyl (C=O) groups is 1. The highest BCUT2D eigenvalue weighted by Gasteiger charge is 2.18. The van der Waals surface area contributed by atoms with E-state index in [0.29, 0.717) is 4.47 Å². The van der Waals surface area contributed by atoms with E-state index in [4.69, 9.17) is 9.47 Å². The molecule has 0 unspecified atom stereocenters. The van der Waals surface area contributed by atoms with Crippen molar-refractivity contribution in [3.05, 3.63) is 26.9 Å². The molecule has 0 radical (unpaired) electrons. The number of aromatic nitrogens is 1. The number of halogens is 1. The van der Waals surface area contributed by atoms with Crippen molar-refractivity contribution < 1.29 is 19.2 Å². The average Bonchev–Trinajstić information content (AvgIpc) is 2.33. The molecular weight excluding hydrogens is 346 g/mol. The molecule has 21 heavy (non-hydrogen) atoms. The molecule has 0 aliphatic carbocycles. The van der Waals surface area contributed by atoms with Gasteiger partial charge in [0.25, 0.3) is 5.88 Å². The predicted octanol–water partition coefficient (Wildman–Crippen LogP) is 2.66. The zero-order valence-corrected chi connectivity index (χ0v) is 13.5. The molecule has 8 nitrogen and oxygen atoms in total. The van der Waals surface area contributed by atoms with Crippen LogP contribution in [0.4, 0.5) is 10.5 Å². The van der Waals surface area contributed by atoms with Gasteiger partial charge >= 0.3 is 11.8 Å². The number of hydrogen-bond acceptors (Lipinski definition) is 6. The minimum Gasteiger partial charge on any atom is -0.471 e. The monoisotopic (exact) mass is 361 g/mol. The number of alkyl carbamates (subject to hydrolysis) is 1. The molecule has 0 saturated carbocycles. The van der Waals surface area contributed by atoms with E-state index in [-0.39, 0.29) is 24.7 Å². The number of carbonyl (C=O) groups excluding carboxylic acids is 1. The van der Waals surface area contributed by atoms with Crippen LogP contribution in [0.25, 0.3) is 0 Å². The zero-order valence-electron chi connectivity index (χ0n) is 11.9. The molecule has 0 aromatic carbocycles. The van der Waals surface area contributed by atoms with Gasteiger partial charge in [-0.3, -0.25) is 10.1 Å². The maximum atomic E-state index is 11.4. The number of nitrogens with zero attached hydrogens (tertiary/aromatic N) is 2. The van der Waals surface area contributed by atoms with Crippen LogP contribution < -0.4 is 10.1 Å². The second kappa shape index (κ2) is 7.21. The maximum absolute atomic E-state index is 11.4. The summed E-state index contributed by atoms with van der Waals surface area (Å²) in [5, 5.41) is 13.3. The molecule has 0 aliphatic heterocycles. The first kappa shape index (κ1) is 17.2. The molecule has 0 saturated heterocycles. The van der Waals surface area contributed by atoms with E-state index in [1.807, 2.05) is 0 Å². The van der Waals surface area contributed by atoms with Crippen molar-refractivity contribution in [2.24, 2.45) is 0 Å². The minimum atomic E-state index is -0.589. The number of amides is 1. The number of hydrogen-bond donors (Lipinski definition) is 1. The average molecular weight is 362 g/mol. The molecule has 0 bridgehead atoms. The van der Waals surface area contributed by atoms with Crippen LogP contribution in [0.3, 0.4) is 0 Å². The van der Waals surface area contributed by atoms with Crippen molar-refractivity contribution >= 4 is 27.7 Å². The van der Waals surface area contributed by atoms with Gasteiger partial charge in [-0.25, -0.2) is 9.78 Å². The van der Waals surface area contributed by atoms with Gasteiger partial charge in [0.1, 0.15) is 12.2 Å². The van der Waals surface area contributed by atoms with E-state index >= 15 is 0 Å². The summed E-state index contributed by atoms with van der Waals surface area (Å²) in [5.74, 6) is -0.103. The Morgan fingerprint density at radius 2 is 2.19 bits per heavy atom. The van der Waals surface area contributed by atoms with Gasteiger partial charge in [0, 0.05) is 16.7 Å². The molecule has 1 N–H and O–H groups in total. The van der Waals surface area contributed by atoms with Gasteiger partial charge in [0.2, 0.25) is 0 Å². The first-order valence-electron chi connectivity index (χ1n) is 6.08. The lowest BCUT2D eigenvalue weighted by Crippen LogP contribution is -2.34. The second-order valence-corrected chi connectivity index (χ2v) is 5.93. The molecular formula is C12H16BrN3O5. The quantitative estimate of drug-likeness (QED) is 0.491. The van der Waals surface area contributed by atoms with Crippen molar-refractivity contribution in [1.29, 1.82) is 0 Å².